The zero-order chi connectivity index (χ0) is 25.7. The summed E-state index contributed by atoms with van der Waals surface area (Å²) in [7, 11) is 4.62. The predicted molar refractivity (Wildman–Crippen MR) is 151 cm³/mol. The minimum Gasteiger partial charge on any atom is -0.493 e. The summed E-state index contributed by atoms with van der Waals surface area (Å²) in [6.45, 7) is 1.06. The number of ether oxygens (including phenoxy) is 4. The number of halogens is 1. The number of fused-ring (bicyclic) bond motifs is 1. The first-order chi connectivity index (χ1) is 17.4. The number of nitrogens with one attached hydrogen (secondary N) is 1. The van der Waals surface area contributed by atoms with E-state index in [2.05, 4.69) is 32.8 Å². The second-order valence-corrected chi connectivity index (χ2v) is 9.76. The summed E-state index contributed by atoms with van der Waals surface area (Å²) >= 11 is 8.12. The van der Waals surface area contributed by atoms with Gasteiger partial charge in [0.05, 0.1) is 32.9 Å². The van der Waals surface area contributed by atoms with Gasteiger partial charge in [0.1, 0.15) is 12.4 Å². The highest BCUT2D eigenvalue weighted by molar-refractivity contribution is 14.1. The molecule has 36 heavy (non-hydrogen) atoms. The van der Waals surface area contributed by atoms with E-state index in [0.29, 0.717) is 41.1 Å². The highest BCUT2D eigenvalue weighted by atomic mass is 127. The van der Waals surface area contributed by atoms with Crippen LogP contribution < -0.4 is 19.5 Å². The first kappa shape index (κ1) is 26.0. The van der Waals surface area contributed by atoms with Crippen molar-refractivity contribution in [2.75, 3.05) is 39.8 Å². The fourth-order valence-corrected chi connectivity index (χ4v) is 4.86. The van der Waals surface area contributed by atoms with Gasteiger partial charge in [-0.3, -0.25) is 0 Å². The Balaban J connectivity index is 1.61. The standard InChI is InChI=1S/C27H27IN2O5S/c1-32-24-14-18-12-13-30(27(36)29-20-8-6-19(28)7-9-20)23(22(18)15-25(24)33-2)16-35-21-10-4-17(5-11-21)26(31)34-3/h4-11,14-15,23H,12-13,16H2,1-3H3,(H,29,36). The second-order valence-electron chi connectivity index (χ2n) is 8.13. The number of carbonyl (C=O) groups is 1. The lowest BCUT2D eigenvalue weighted by molar-refractivity contribution is 0.0600. The van der Waals surface area contributed by atoms with Gasteiger partial charge in [0.25, 0.3) is 0 Å². The summed E-state index contributed by atoms with van der Waals surface area (Å²) in [5.74, 6) is 1.61. The van der Waals surface area contributed by atoms with Gasteiger partial charge < -0.3 is 29.2 Å². The van der Waals surface area contributed by atoms with Crippen LogP contribution in [0.2, 0.25) is 0 Å². The van der Waals surface area contributed by atoms with Crippen LogP contribution in [-0.2, 0) is 11.2 Å². The van der Waals surface area contributed by atoms with Gasteiger partial charge in [0, 0.05) is 15.8 Å². The van der Waals surface area contributed by atoms with Crippen LogP contribution in [0.4, 0.5) is 5.69 Å². The van der Waals surface area contributed by atoms with Crippen LogP contribution >= 0.6 is 34.8 Å². The van der Waals surface area contributed by atoms with Gasteiger partial charge in [0.2, 0.25) is 0 Å². The summed E-state index contributed by atoms with van der Waals surface area (Å²) in [5, 5.41) is 3.98. The summed E-state index contributed by atoms with van der Waals surface area (Å²) in [6.07, 6.45) is 0.800. The van der Waals surface area contributed by atoms with Crippen LogP contribution in [0.3, 0.4) is 0 Å². The highest BCUT2D eigenvalue weighted by Gasteiger charge is 2.31. The monoisotopic (exact) mass is 618 g/mol. The van der Waals surface area contributed by atoms with E-state index in [4.69, 9.17) is 31.2 Å². The van der Waals surface area contributed by atoms with E-state index >= 15 is 0 Å². The Hall–Kier alpha value is -3.05. The molecule has 0 aliphatic carbocycles. The summed E-state index contributed by atoms with van der Waals surface area (Å²) in [5.41, 5.74) is 3.62. The maximum atomic E-state index is 11.8. The molecule has 1 aliphatic rings. The van der Waals surface area contributed by atoms with Crippen molar-refractivity contribution >= 4 is 51.6 Å². The third-order valence-electron chi connectivity index (χ3n) is 6.04. The number of rotatable bonds is 7. The molecule has 188 valence electrons. The maximum absolute atomic E-state index is 11.8. The number of hydrogen-bond donors (Lipinski definition) is 1. The molecular formula is C27H27IN2O5S. The van der Waals surface area contributed by atoms with Crippen molar-refractivity contribution in [3.05, 3.63) is 80.9 Å². The first-order valence-electron chi connectivity index (χ1n) is 11.3. The van der Waals surface area contributed by atoms with E-state index in [9.17, 15) is 4.79 Å². The molecule has 0 spiro atoms. The largest absolute Gasteiger partial charge is 0.493 e. The molecule has 9 heteroatoms. The van der Waals surface area contributed by atoms with Crippen molar-refractivity contribution in [2.45, 2.75) is 12.5 Å². The lowest BCUT2D eigenvalue weighted by Crippen LogP contribution is -2.44. The van der Waals surface area contributed by atoms with Gasteiger partial charge in [-0.1, -0.05) is 0 Å². The molecule has 1 aliphatic heterocycles. The van der Waals surface area contributed by atoms with Crippen molar-refractivity contribution in [3.8, 4) is 17.2 Å². The summed E-state index contributed by atoms with van der Waals surface area (Å²) < 4.78 is 23.2. The van der Waals surface area contributed by atoms with Crippen LogP contribution in [0.1, 0.15) is 27.5 Å². The molecule has 3 aromatic carbocycles. The van der Waals surface area contributed by atoms with E-state index in [1.165, 1.54) is 7.11 Å². The summed E-state index contributed by atoms with van der Waals surface area (Å²) in [4.78, 5) is 13.9. The smallest absolute Gasteiger partial charge is 0.337 e. The fourth-order valence-electron chi connectivity index (χ4n) is 4.16. The zero-order valence-electron chi connectivity index (χ0n) is 20.2. The van der Waals surface area contributed by atoms with Crippen molar-refractivity contribution in [1.29, 1.82) is 0 Å². The van der Waals surface area contributed by atoms with Gasteiger partial charge in [-0.15, -0.1) is 0 Å². The van der Waals surface area contributed by atoms with E-state index in [0.717, 1.165) is 26.8 Å². The average molecular weight is 618 g/mol. The van der Waals surface area contributed by atoms with Crippen LogP contribution in [0, 0.1) is 3.57 Å². The van der Waals surface area contributed by atoms with E-state index in [-0.39, 0.29) is 12.0 Å². The molecule has 1 heterocycles. The molecule has 1 unspecified atom stereocenters. The third-order valence-corrected chi connectivity index (χ3v) is 7.10. The van der Waals surface area contributed by atoms with Gasteiger partial charge in [-0.25, -0.2) is 4.79 Å². The Morgan fingerprint density at radius 3 is 2.33 bits per heavy atom. The number of nitrogens with zero attached hydrogens (tertiary/aromatic N) is 1. The quantitative estimate of drug-likeness (QED) is 0.213. The Bertz CT molecular complexity index is 1230. The number of esters is 1. The van der Waals surface area contributed by atoms with Gasteiger partial charge >= 0.3 is 5.97 Å². The molecule has 3 aromatic rings. The number of anilines is 1. The number of carbonyl (C=O) groups excluding carboxylic acids is 1. The molecule has 1 N–H and O–H groups in total. The van der Waals surface area contributed by atoms with E-state index in [1.807, 2.05) is 36.4 Å². The van der Waals surface area contributed by atoms with Crippen LogP contribution in [-0.4, -0.2) is 50.5 Å². The molecule has 0 radical (unpaired) electrons. The Labute approximate surface area is 229 Å². The average Bonchev–Trinajstić information content (AvgIpc) is 2.91. The number of benzene rings is 3. The van der Waals surface area contributed by atoms with Crippen molar-refractivity contribution in [3.63, 3.8) is 0 Å². The number of hydrogen-bond acceptors (Lipinski definition) is 6. The maximum Gasteiger partial charge on any atom is 0.337 e. The Morgan fingerprint density at radius 1 is 1.03 bits per heavy atom. The normalized spacial score (nSPS) is 14.4. The van der Waals surface area contributed by atoms with Crippen molar-refractivity contribution < 1.29 is 23.7 Å². The molecule has 0 aromatic heterocycles. The SMILES string of the molecule is COC(=O)c1ccc(OCC2c3cc(OC)c(OC)cc3CCN2C(=S)Nc2ccc(I)cc2)cc1. The molecule has 0 saturated heterocycles. The minimum absolute atomic E-state index is 0.169. The Morgan fingerprint density at radius 2 is 1.69 bits per heavy atom. The topological polar surface area (TPSA) is 69.3 Å². The molecule has 0 amide bonds. The fraction of sp³-hybridized carbons (Fsp3) is 0.259. The van der Waals surface area contributed by atoms with Crippen LogP contribution in [0.5, 0.6) is 17.2 Å². The number of methoxy groups -OCH3 is 3. The molecule has 1 atom stereocenters. The molecule has 0 bridgehead atoms. The minimum atomic E-state index is -0.387. The lowest BCUT2D eigenvalue weighted by atomic mass is 9.92. The van der Waals surface area contributed by atoms with Crippen molar-refractivity contribution in [1.82, 2.24) is 4.90 Å². The second kappa shape index (κ2) is 11.8. The zero-order valence-corrected chi connectivity index (χ0v) is 23.2. The third kappa shape index (κ3) is 5.84. The summed E-state index contributed by atoms with van der Waals surface area (Å²) in [6, 6.07) is 18.8. The molecule has 0 saturated carbocycles. The lowest BCUT2D eigenvalue weighted by Gasteiger charge is -2.39. The molecule has 0 fully saturated rings. The Kier molecular flexibility index (Phi) is 8.52. The van der Waals surface area contributed by atoms with Gasteiger partial charge in [-0.05, 0) is 113 Å². The highest BCUT2D eigenvalue weighted by Crippen LogP contribution is 2.38. The van der Waals surface area contributed by atoms with E-state index < -0.39 is 0 Å². The predicted octanol–water partition coefficient (Wildman–Crippen LogP) is 5.47. The molecule has 7 nitrogen and oxygen atoms in total. The molecular weight excluding hydrogens is 591 g/mol. The van der Waals surface area contributed by atoms with Crippen LogP contribution in [0.15, 0.2) is 60.7 Å². The van der Waals surface area contributed by atoms with Gasteiger partial charge in [0.15, 0.2) is 16.6 Å². The van der Waals surface area contributed by atoms with Crippen molar-refractivity contribution in [2.24, 2.45) is 0 Å². The van der Waals surface area contributed by atoms with Crippen LogP contribution in [0.25, 0.3) is 0 Å². The number of thiocarbonyl (C=S) groups is 1. The van der Waals surface area contributed by atoms with Gasteiger partial charge in [-0.2, -0.15) is 0 Å². The first-order valence-corrected chi connectivity index (χ1v) is 12.8. The molecule has 4 rings (SSSR count). The van der Waals surface area contributed by atoms with E-state index in [1.54, 1.807) is 38.5 Å².